The lowest BCUT2D eigenvalue weighted by Gasteiger charge is -2.19. The van der Waals surface area contributed by atoms with Crippen LogP contribution in [0.2, 0.25) is 0 Å². The Morgan fingerprint density at radius 3 is 2.32 bits per heavy atom. The number of ketones is 1. The zero-order valence-electron chi connectivity index (χ0n) is 15.8. The first kappa shape index (κ1) is 19.0. The van der Waals surface area contributed by atoms with Crippen LogP contribution >= 0.6 is 0 Å². The highest BCUT2D eigenvalue weighted by molar-refractivity contribution is 6.04. The van der Waals surface area contributed by atoms with E-state index in [0.29, 0.717) is 11.6 Å². The molecule has 7 heteroatoms. The minimum absolute atomic E-state index is 0.0698. The fourth-order valence-corrected chi connectivity index (χ4v) is 3.01. The number of anilines is 2. The zero-order chi connectivity index (χ0) is 20.3. The molecule has 1 aliphatic rings. The number of aryl methyl sites for hydroxylation is 1. The van der Waals surface area contributed by atoms with Crippen LogP contribution in [-0.4, -0.2) is 32.5 Å². The van der Waals surface area contributed by atoms with E-state index in [1.165, 1.54) is 12.2 Å². The zero-order valence-corrected chi connectivity index (χ0v) is 15.8. The van der Waals surface area contributed by atoms with Gasteiger partial charge in [0.15, 0.2) is 6.61 Å². The lowest BCUT2D eigenvalue weighted by molar-refractivity contribution is -0.141. The molecule has 2 aromatic rings. The van der Waals surface area contributed by atoms with Crippen LogP contribution in [0.15, 0.2) is 58.3 Å². The van der Waals surface area contributed by atoms with Crippen molar-refractivity contribution in [3.63, 3.8) is 0 Å². The maximum Gasteiger partial charge on any atom is 0.331 e. The molecule has 7 nitrogen and oxygen atoms in total. The Morgan fingerprint density at radius 1 is 1.14 bits per heavy atom. The lowest BCUT2D eigenvalue weighted by atomic mass is 10.2. The number of para-hydroxylation sites is 2. The van der Waals surface area contributed by atoms with Gasteiger partial charge in [-0.15, -0.1) is 0 Å². The van der Waals surface area contributed by atoms with Crippen molar-refractivity contribution in [3.05, 3.63) is 65.4 Å². The molecule has 0 unspecified atom stereocenters. The number of carbonyl (C=O) groups is 2. The van der Waals surface area contributed by atoms with E-state index in [9.17, 15) is 14.9 Å². The lowest BCUT2D eigenvalue weighted by Crippen LogP contribution is -2.27. The summed E-state index contributed by atoms with van der Waals surface area (Å²) in [5.74, 6) is 0.416. The number of hydrogen-bond donors (Lipinski definition) is 0. The first-order valence-corrected chi connectivity index (χ1v) is 8.57. The molecule has 0 atom stereocenters. The Labute approximate surface area is 162 Å². The smallest absolute Gasteiger partial charge is 0.331 e. The van der Waals surface area contributed by atoms with Gasteiger partial charge in [0.05, 0.1) is 11.4 Å². The molecule has 0 aliphatic carbocycles. The SMILES string of the molecule is Cc1ccc(/C=C/C(=O)OCC(=O)C(C#N)=C2N(C)c3ccccc3N2C)o1. The van der Waals surface area contributed by atoms with Crippen LogP contribution in [0.25, 0.3) is 6.08 Å². The molecule has 0 saturated heterocycles. The van der Waals surface area contributed by atoms with Crippen LogP contribution in [0.1, 0.15) is 11.5 Å². The molecule has 2 heterocycles. The van der Waals surface area contributed by atoms with Gasteiger partial charge in [0.2, 0.25) is 5.78 Å². The van der Waals surface area contributed by atoms with Crippen molar-refractivity contribution >= 4 is 29.2 Å². The summed E-state index contributed by atoms with van der Waals surface area (Å²) in [4.78, 5) is 27.9. The Morgan fingerprint density at radius 2 is 1.79 bits per heavy atom. The maximum atomic E-state index is 12.5. The fraction of sp³-hybridized carbons (Fsp3) is 0.190. The van der Waals surface area contributed by atoms with Crippen LogP contribution in [-0.2, 0) is 14.3 Å². The van der Waals surface area contributed by atoms with E-state index < -0.39 is 18.4 Å². The highest BCUT2D eigenvalue weighted by atomic mass is 16.5. The molecular formula is C21H19N3O4. The minimum Gasteiger partial charge on any atom is -0.462 e. The third kappa shape index (κ3) is 3.67. The van der Waals surface area contributed by atoms with E-state index in [0.717, 1.165) is 17.1 Å². The number of Topliss-reactive ketones (excluding diaryl/α,β-unsaturated/α-hetero) is 1. The number of hydrogen-bond acceptors (Lipinski definition) is 7. The van der Waals surface area contributed by atoms with Gasteiger partial charge in [-0.1, -0.05) is 12.1 Å². The largest absolute Gasteiger partial charge is 0.462 e. The fourth-order valence-electron chi connectivity index (χ4n) is 3.01. The molecule has 28 heavy (non-hydrogen) atoms. The molecule has 1 aliphatic heterocycles. The van der Waals surface area contributed by atoms with Gasteiger partial charge in [0.25, 0.3) is 0 Å². The van der Waals surface area contributed by atoms with Gasteiger partial charge in [-0.25, -0.2) is 4.79 Å². The van der Waals surface area contributed by atoms with E-state index >= 15 is 0 Å². The summed E-state index contributed by atoms with van der Waals surface area (Å²) in [6, 6.07) is 13.0. The van der Waals surface area contributed by atoms with Gasteiger partial charge in [-0.2, -0.15) is 5.26 Å². The van der Waals surface area contributed by atoms with Gasteiger partial charge in [0.1, 0.15) is 29.0 Å². The topological polar surface area (TPSA) is 86.8 Å². The predicted molar refractivity (Wildman–Crippen MR) is 104 cm³/mol. The van der Waals surface area contributed by atoms with Gasteiger partial charge < -0.3 is 19.0 Å². The molecule has 0 N–H and O–H groups in total. The number of nitriles is 1. The summed E-state index contributed by atoms with van der Waals surface area (Å²) in [7, 11) is 3.56. The first-order chi connectivity index (χ1) is 13.4. The van der Waals surface area contributed by atoms with E-state index in [1.807, 2.05) is 30.3 Å². The number of fused-ring (bicyclic) bond motifs is 1. The van der Waals surface area contributed by atoms with Gasteiger partial charge in [-0.05, 0) is 37.3 Å². The molecule has 142 valence electrons. The van der Waals surface area contributed by atoms with E-state index in [2.05, 4.69) is 0 Å². The standard InChI is InChI=1S/C21H19N3O4/c1-14-8-9-15(28-14)10-11-20(26)27-13-19(25)16(12-22)21-23(2)17-6-4-5-7-18(17)24(21)3/h4-11H,13H2,1-3H3/b11-10+. The van der Waals surface area contributed by atoms with Crippen molar-refractivity contribution in [3.8, 4) is 6.07 Å². The molecule has 0 spiro atoms. The minimum atomic E-state index is -0.693. The summed E-state index contributed by atoms with van der Waals surface area (Å²) in [5.41, 5.74) is 1.70. The van der Waals surface area contributed by atoms with Gasteiger partial charge >= 0.3 is 5.97 Å². The third-order valence-corrected chi connectivity index (χ3v) is 4.34. The average molecular weight is 377 g/mol. The number of benzene rings is 1. The highest BCUT2D eigenvalue weighted by Gasteiger charge is 2.31. The van der Waals surface area contributed by atoms with Gasteiger partial charge in [-0.3, -0.25) is 4.79 Å². The van der Waals surface area contributed by atoms with Crippen LogP contribution in [0.5, 0.6) is 0 Å². The molecule has 0 radical (unpaired) electrons. The van der Waals surface area contributed by atoms with Gasteiger partial charge in [0, 0.05) is 20.2 Å². The molecule has 0 amide bonds. The molecule has 0 fully saturated rings. The van der Waals surface area contributed by atoms with Crippen LogP contribution < -0.4 is 9.80 Å². The molecule has 1 aromatic heterocycles. The monoisotopic (exact) mass is 377 g/mol. The quantitative estimate of drug-likeness (QED) is 0.450. The molecule has 0 saturated carbocycles. The summed E-state index contributed by atoms with van der Waals surface area (Å²) in [5, 5.41) is 9.54. The maximum absolute atomic E-state index is 12.5. The van der Waals surface area contributed by atoms with Crippen molar-refractivity contribution in [2.24, 2.45) is 0 Å². The summed E-state index contributed by atoms with van der Waals surface area (Å²) in [6.07, 6.45) is 2.63. The number of nitrogens with zero attached hydrogens (tertiary/aromatic N) is 3. The third-order valence-electron chi connectivity index (χ3n) is 4.34. The van der Waals surface area contributed by atoms with E-state index in [-0.39, 0.29) is 5.57 Å². The van der Waals surface area contributed by atoms with Crippen molar-refractivity contribution in [1.29, 1.82) is 5.26 Å². The molecule has 1 aromatic carbocycles. The van der Waals surface area contributed by atoms with Crippen molar-refractivity contribution in [2.45, 2.75) is 6.92 Å². The van der Waals surface area contributed by atoms with E-state index in [4.69, 9.17) is 9.15 Å². The van der Waals surface area contributed by atoms with Crippen LogP contribution in [0, 0.1) is 18.3 Å². The number of carbonyl (C=O) groups excluding carboxylic acids is 2. The number of furan rings is 1. The Kier molecular flexibility index (Phi) is 5.32. The van der Waals surface area contributed by atoms with Crippen molar-refractivity contribution in [1.82, 2.24) is 0 Å². The summed E-state index contributed by atoms with van der Waals surface area (Å²) < 4.78 is 10.3. The number of ether oxygens (including phenoxy) is 1. The van der Waals surface area contributed by atoms with Crippen molar-refractivity contribution in [2.75, 3.05) is 30.5 Å². The Hall–Kier alpha value is -3.79. The van der Waals surface area contributed by atoms with Crippen LogP contribution in [0.3, 0.4) is 0 Å². The molecule has 3 rings (SSSR count). The summed E-state index contributed by atoms with van der Waals surface area (Å²) >= 11 is 0. The van der Waals surface area contributed by atoms with E-state index in [1.54, 1.807) is 43.0 Å². The number of esters is 1. The second-order valence-corrected chi connectivity index (χ2v) is 6.23. The van der Waals surface area contributed by atoms with Crippen molar-refractivity contribution < 1.29 is 18.7 Å². The Bertz CT molecular complexity index is 995. The van der Waals surface area contributed by atoms with Crippen LogP contribution in [0.4, 0.5) is 11.4 Å². The highest BCUT2D eigenvalue weighted by Crippen LogP contribution is 2.40. The molecular weight excluding hydrogens is 358 g/mol. The first-order valence-electron chi connectivity index (χ1n) is 8.57. The average Bonchev–Trinajstić information content (AvgIpc) is 3.22. The second-order valence-electron chi connectivity index (χ2n) is 6.23. The molecule has 0 bridgehead atoms. The summed E-state index contributed by atoms with van der Waals surface area (Å²) in [6.45, 7) is 1.27. The Balaban J connectivity index is 1.71. The number of rotatable bonds is 5. The second kappa shape index (κ2) is 7.84. The normalized spacial score (nSPS) is 12.9. The predicted octanol–water partition coefficient (Wildman–Crippen LogP) is 3.03.